The van der Waals surface area contributed by atoms with Gasteiger partial charge in [-0.3, -0.25) is 0 Å². The second kappa shape index (κ2) is 17.2. The molecule has 0 radical (unpaired) electrons. The third-order valence-electron chi connectivity index (χ3n) is 1.05. The molecule has 6 heteroatoms. The molecular formula is C11H16ClF3O2. The Balaban J connectivity index is -0.000000213. The quantitative estimate of drug-likeness (QED) is 0.324. The van der Waals surface area contributed by atoms with Gasteiger partial charge in [-0.1, -0.05) is 19.9 Å². The Morgan fingerprint density at radius 1 is 1.35 bits per heavy atom. The van der Waals surface area contributed by atoms with Gasteiger partial charge < -0.3 is 4.74 Å². The van der Waals surface area contributed by atoms with Crippen molar-refractivity contribution in [3.8, 4) is 0 Å². The zero-order chi connectivity index (χ0) is 14.3. The highest BCUT2D eigenvalue weighted by atomic mass is 35.5. The van der Waals surface area contributed by atoms with E-state index in [1.165, 1.54) is 6.08 Å². The first kappa shape index (κ1) is 21.1. The maximum absolute atomic E-state index is 10.7. The van der Waals surface area contributed by atoms with E-state index < -0.39 is 11.4 Å². The summed E-state index contributed by atoms with van der Waals surface area (Å²) in [4.78, 5) is 10.3. The molecule has 0 aromatic heterocycles. The smallest absolute Gasteiger partial charge is 0.330 e. The van der Waals surface area contributed by atoms with Gasteiger partial charge in [0.25, 0.3) is 5.29 Å². The molecule has 0 bridgehead atoms. The number of hydrogen-bond acceptors (Lipinski definition) is 2. The molecule has 0 heterocycles. The van der Waals surface area contributed by atoms with Crippen LogP contribution in [0.15, 0.2) is 37.2 Å². The van der Waals surface area contributed by atoms with Crippen molar-refractivity contribution in [3.63, 3.8) is 0 Å². The van der Waals surface area contributed by atoms with Crippen molar-refractivity contribution in [1.29, 1.82) is 0 Å². The summed E-state index contributed by atoms with van der Waals surface area (Å²) in [5, 5.41) is -1.94. The maximum atomic E-state index is 10.7. The minimum absolute atomic E-state index is 0.330. The predicted octanol–water partition coefficient (Wildman–Crippen LogP) is 4.58. The van der Waals surface area contributed by atoms with Crippen molar-refractivity contribution in [3.05, 3.63) is 37.2 Å². The standard InChI is InChI=1S/C7H12O2.C2ClF3.C2H4/c1-3-5-6-9-7(8)4-2;3-1(4)2(5)6;1-2/h4H,2-3,5-6H2,1H3;;1-2H2. The largest absolute Gasteiger partial charge is 0.463 e. The fourth-order valence-electron chi connectivity index (χ4n) is 0.376. The number of esters is 1. The Bertz CT molecular complexity index is 225. The molecule has 0 unspecified atom stereocenters. The Hall–Kier alpha value is -1.23. The average molecular weight is 273 g/mol. The second-order valence-corrected chi connectivity index (χ2v) is 2.58. The van der Waals surface area contributed by atoms with Crippen LogP contribution in [0, 0.1) is 0 Å². The first-order valence-electron chi connectivity index (χ1n) is 4.61. The van der Waals surface area contributed by atoms with E-state index >= 15 is 0 Å². The summed E-state index contributed by atoms with van der Waals surface area (Å²) in [7, 11) is 0. The van der Waals surface area contributed by atoms with Crippen LogP contribution in [0.5, 0.6) is 0 Å². The fourth-order valence-corrected chi connectivity index (χ4v) is 0.376. The van der Waals surface area contributed by atoms with E-state index in [4.69, 9.17) is 0 Å². The average Bonchev–Trinajstić information content (AvgIpc) is 2.32. The molecule has 0 aliphatic carbocycles. The van der Waals surface area contributed by atoms with Crippen molar-refractivity contribution in [2.24, 2.45) is 0 Å². The number of rotatable bonds is 4. The van der Waals surface area contributed by atoms with Crippen LogP contribution in [0.2, 0.25) is 0 Å². The SMILES string of the molecule is C=C.C=CC(=O)OCCCC.FC(F)=C(F)Cl. The summed E-state index contributed by atoms with van der Waals surface area (Å²) in [6.45, 7) is 11.8. The predicted molar refractivity (Wildman–Crippen MR) is 63.5 cm³/mol. The first-order valence-corrected chi connectivity index (χ1v) is 4.98. The second-order valence-electron chi connectivity index (χ2n) is 2.25. The van der Waals surface area contributed by atoms with Crippen LogP contribution in [0.25, 0.3) is 0 Å². The molecule has 0 N–H and O–H groups in total. The molecule has 2 nitrogen and oxygen atoms in total. The van der Waals surface area contributed by atoms with Gasteiger partial charge in [0.15, 0.2) is 0 Å². The fraction of sp³-hybridized carbons (Fsp3) is 0.364. The van der Waals surface area contributed by atoms with Crippen LogP contribution < -0.4 is 0 Å². The third kappa shape index (κ3) is 25.2. The molecule has 17 heavy (non-hydrogen) atoms. The van der Waals surface area contributed by atoms with Crippen LogP contribution in [0.3, 0.4) is 0 Å². The molecule has 0 spiro atoms. The lowest BCUT2D eigenvalue weighted by Crippen LogP contribution is -2.00. The van der Waals surface area contributed by atoms with Crippen molar-refractivity contribution in [2.45, 2.75) is 19.8 Å². The van der Waals surface area contributed by atoms with Gasteiger partial charge in [0.05, 0.1) is 6.61 Å². The molecule has 0 saturated carbocycles. The number of unbranched alkanes of at least 4 members (excludes halogenated alkanes) is 1. The molecule has 0 rings (SSSR count). The number of halogens is 4. The summed E-state index contributed by atoms with van der Waals surface area (Å²) < 4.78 is 36.5. The van der Waals surface area contributed by atoms with E-state index in [2.05, 4.69) is 36.1 Å². The van der Waals surface area contributed by atoms with E-state index in [-0.39, 0.29) is 5.97 Å². The van der Waals surface area contributed by atoms with Crippen molar-refractivity contribution in [2.75, 3.05) is 6.61 Å². The Labute approximate surface area is 104 Å². The lowest BCUT2D eigenvalue weighted by molar-refractivity contribution is -0.137. The van der Waals surface area contributed by atoms with Crippen LogP contribution >= 0.6 is 11.6 Å². The Morgan fingerprint density at radius 3 is 2.00 bits per heavy atom. The van der Waals surface area contributed by atoms with E-state index in [1.54, 1.807) is 0 Å². The zero-order valence-corrected chi connectivity index (χ0v) is 10.4. The Morgan fingerprint density at radius 2 is 1.76 bits per heavy atom. The van der Waals surface area contributed by atoms with E-state index in [9.17, 15) is 18.0 Å². The molecule has 0 atom stereocenters. The third-order valence-corrected chi connectivity index (χ3v) is 1.19. The van der Waals surface area contributed by atoms with Crippen molar-refractivity contribution < 1.29 is 22.7 Å². The highest BCUT2D eigenvalue weighted by molar-refractivity contribution is 6.28. The minimum Gasteiger partial charge on any atom is -0.463 e. The number of ether oxygens (including phenoxy) is 1. The molecule has 0 fully saturated rings. The van der Waals surface area contributed by atoms with Gasteiger partial charge in [-0.15, -0.1) is 13.2 Å². The van der Waals surface area contributed by atoms with Gasteiger partial charge in [-0.25, -0.2) is 4.79 Å². The van der Waals surface area contributed by atoms with E-state index in [0.717, 1.165) is 12.8 Å². The van der Waals surface area contributed by atoms with Crippen molar-refractivity contribution >= 4 is 17.6 Å². The number of hydrogen-bond donors (Lipinski definition) is 0. The van der Waals surface area contributed by atoms with Crippen molar-refractivity contribution in [1.82, 2.24) is 0 Å². The molecule has 0 saturated heterocycles. The molecule has 0 aromatic rings. The van der Waals surface area contributed by atoms with E-state index in [1.807, 2.05) is 6.92 Å². The van der Waals surface area contributed by atoms with Gasteiger partial charge in [0, 0.05) is 6.08 Å². The van der Waals surface area contributed by atoms with Gasteiger partial charge >= 0.3 is 12.0 Å². The monoisotopic (exact) mass is 272 g/mol. The molecular weight excluding hydrogens is 257 g/mol. The van der Waals surface area contributed by atoms with E-state index in [0.29, 0.717) is 6.61 Å². The minimum atomic E-state index is -2.48. The normalized spacial score (nSPS) is 7.59. The lowest BCUT2D eigenvalue weighted by atomic mass is 10.4. The Kier molecular flexibility index (Phi) is 21.3. The summed E-state index contributed by atoms with van der Waals surface area (Å²) in [6, 6.07) is 0. The summed E-state index contributed by atoms with van der Waals surface area (Å²) in [6.07, 6.45) is 0.677. The lowest BCUT2D eigenvalue weighted by Gasteiger charge is -1.97. The molecule has 0 amide bonds. The molecule has 100 valence electrons. The van der Waals surface area contributed by atoms with Crippen LogP contribution in [-0.4, -0.2) is 12.6 Å². The number of carbonyl (C=O) groups is 1. The van der Waals surface area contributed by atoms with Crippen LogP contribution in [-0.2, 0) is 9.53 Å². The van der Waals surface area contributed by atoms with Gasteiger partial charge in [0.2, 0.25) is 0 Å². The molecule has 0 aromatic carbocycles. The van der Waals surface area contributed by atoms with Gasteiger partial charge in [0.1, 0.15) is 0 Å². The topological polar surface area (TPSA) is 26.3 Å². The van der Waals surface area contributed by atoms with Gasteiger partial charge in [-0.05, 0) is 18.0 Å². The first-order chi connectivity index (χ1) is 7.95. The van der Waals surface area contributed by atoms with Gasteiger partial charge in [-0.2, -0.15) is 13.2 Å². The summed E-state index contributed by atoms with van der Waals surface area (Å²) in [5.41, 5.74) is 0. The molecule has 0 aliphatic rings. The maximum Gasteiger partial charge on any atom is 0.330 e. The van der Waals surface area contributed by atoms with Crippen LogP contribution in [0.1, 0.15) is 19.8 Å². The highest BCUT2D eigenvalue weighted by Gasteiger charge is 1.95. The number of carbonyl (C=O) groups excluding carboxylic acids is 1. The summed E-state index contributed by atoms with van der Waals surface area (Å²) in [5.74, 6) is -0.330. The highest BCUT2D eigenvalue weighted by Crippen LogP contribution is 2.11. The zero-order valence-electron chi connectivity index (χ0n) is 9.65. The summed E-state index contributed by atoms with van der Waals surface area (Å²) >= 11 is 4.08. The van der Waals surface area contributed by atoms with Crippen LogP contribution in [0.4, 0.5) is 13.2 Å². The molecule has 0 aliphatic heterocycles.